The summed E-state index contributed by atoms with van der Waals surface area (Å²) in [6.07, 6.45) is 2.88. The highest BCUT2D eigenvalue weighted by Crippen LogP contribution is 2.23. The van der Waals surface area contributed by atoms with Crippen LogP contribution in [0.3, 0.4) is 0 Å². The van der Waals surface area contributed by atoms with Gasteiger partial charge in [0.25, 0.3) is 0 Å². The van der Waals surface area contributed by atoms with E-state index in [4.69, 9.17) is 4.42 Å². The number of furan rings is 1. The summed E-state index contributed by atoms with van der Waals surface area (Å²) in [6, 6.07) is 2.65. The Morgan fingerprint density at radius 1 is 1.25 bits per heavy atom. The van der Waals surface area contributed by atoms with Crippen molar-refractivity contribution in [1.29, 1.82) is 0 Å². The minimum atomic E-state index is -0.647. The van der Waals surface area contributed by atoms with Crippen LogP contribution in [0, 0.1) is 34.1 Å². The van der Waals surface area contributed by atoms with Gasteiger partial charge in [-0.25, -0.2) is 4.68 Å². The van der Waals surface area contributed by atoms with Crippen molar-refractivity contribution in [2.24, 2.45) is 0 Å². The van der Waals surface area contributed by atoms with Crippen molar-refractivity contribution in [1.82, 2.24) is 9.78 Å². The number of hydrogen-bond donors (Lipinski definition) is 0. The number of hydrogen-bond acceptors (Lipinski definition) is 6. The fraction of sp³-hybridized carbons (Fsp3) is 0.182. The van der Waals surface area contributed by atoms with Crippen molar-refractivity contribution in [3.05, 3.63) is 49.5 Å². The zero-order chi connectivity index (χ0) is 14.9. The molecule has 0 bridgehead atoms. The maximum absolute atomic E-state index is 10.8. The maximum atomic E-state index is 10.8. The minimum absolute atomic E-state index is 0.0555. The quantitative estimate of drug-likeness (QED) is 0.626. The summed E-state index contributed by atoms with van der Waals surface area (Å²) in [7, 11) is 0. The van der Waals surface area contributed by atoms with E-state index >= 15 is 0 Å². The summed E-state index contributed by atoms with van der Waals surface area (Å²) >= 11 is 0. The number of rotatable bonds is 4. The summed E-state index contributed by atoms with van der Waals surface area (Å²) in [5.74, 6) is -0.115. The minimum Gasteiger partial charge on any atom is -0.401 e. The molecular weight excluding hydrogens is 268 g/mol. The molecule has 0 spiro atoms. The summed E-state index contributed by atoms with van der Waals surface area (Å²) in [4.78, 5) is 20.2. The van der Waals surface area contributed by atoms with Gasteiger partial charge < -0.3 is 4.42 Å². The first-order valence-corrected chi connectivity index (χ1v) is 5.52. The van der Waals surface area contributed by atoms with Crippen molar-refractivity contribution in [2.45, 2.75) is 13.8 Å². The Balaban J connectivity index is 2.29. The maximum Gasteiger partial charge on any atom is 0.433 e. The largest absolute Gasteiger partial charge is 0.433 e. The number of aromatic nitrogens is 2. The molecule has 0 aliphatic carbocycles. The Morgan fingerprint density at radius 3 is 2.45 bits per heavy atom. The molecule has 0 unspecified atom stereocenters. The molecule has 0 amide bonds. The van der Waals surface area contributed by atoms with Crippen molar-refractivity contribution < 1.29 is 14.3 Å². The van der Waals surface area contributed by atoms with E-state index in [0.29, 0.717) is 11.4 Å². The summed E-state index contributed by atoms with van der Waals surface area (Å²) < 4.78 is 6.25. The first-order chi connectivity index (χ1) is 9.40. The normalized spacial score (nSPS) is 11.1. The van der Waals surface area contributed by atoms with E-state index in [-0.39, 0.29) is 17.3 Å². The van der Waals surface area contributed by atoms with E-state index in [0.717, 1.165) is 0 Å². The molecule has 0 saturated heterocycles. The predicted octanol–water partition coefficient (Wildman–Crippen LogP) is 2.54. The first kappa shape index (κ1) is 13.5. The van der Waals surface area contributed by atoms with Crippen LogP contribution in [0.25, 0.3) is 12.3 Å². The molecule has 0 atom stereocenters. The Labute approximate surface area is 112 Å². The van der Waals surface area contributed by atoms with Gasteiger partial charge in [0.15, 0.2) is 0 Å². The van der Waals surface area contributed by atoms with E-state index in [1.54, 1.807) is 6.92 Å². The van der Waals surface area contributed by atoms with Crippen LogP contribution in [0.15, 0.2) is 16.5 Å². The molecular formula is C11H10N4O5. The van der Waals surface area contributed by atoms with Crippen molar-refractivity contribution in [3.63, 3.8) is 0 Å². The van der Waals surface area contributed by atoms with Crippen LogP contribution in [-0.2, 0) is 0 Å². The summed E-state index contributed by atoms with van der Waals surface area (Å²) in [5, 5.41) is 25.3. The van der Waals surface area contributed by atoms with Crippen LogP contribution < -0.4 is 0 Å². The lowest BCUT2D eigenvalue weighted by Gasteiger charge is -1.93. The molecule has 0 aliphatic heterocycles. The van der Waals surface area contributed by atoms with Gasteiger partial charge >= 0.3 is 11.6 Å². The topological polar surface area (TPSA) is 117 Å². The van der Waals surface area contributed by atoms with E-state index in [1.807, 2.05) is 0 Å². The molecule has 9 nitrogen and oxygen atoms in total. The van der Waals surface area contributed by atoms with Crippen LogP contribution in [0.5, 0.6) is 0 Å². The Morgan fingerprint density at radius 2 is 1.95 bits per heavy atom. The van der Waals surface area contributed by atoms with Crippen LogP contribution in [0.4, 0.5) is 11.6 Å². The molecule has 9 heteroatoms. The molecule has 2 heterocycles. The van der Waals surface area contributed by atoms with Gasteiger partial charge in [0.05, 0.1) is 11.0 Å². The third-order valence-electron chi connectivity index (χ3n) is 2.64. The van der Waals surface area contributed by atoms with Gasteiger partial charge in [-0.3, -0.25) is 20.2 Å². The van der Waals surface area contributed by atoms with Crippen LogP contribution in [0.2, 0.25) is 0 Å². The number of nitro groups is 2. The summed E-state index contributed by atoms with van der Waals surface area (Å²) in [5.41, 5.74) is 0.604. The SMILES string of the molecule is Cc1nn(/C=C/c2ccc([N+](=O)[O-])o2)c(C)c1[N+](=O)[O-]. The van der Waals surface area contributed by atoms with Crippen LogP contribution in [0.1, 0.15) is 17.1 Å². The number of aryl methyl sites for hydroxylation is 1. The van der Waals surface area contributed by atoms with E-state index in [1.165, 1.54) is 36.0 Å². The Bertz CT molecular complexity index is 712. The zero-order valence-corrected chi connectivity index (χ0v) is 10.6. The highest BCUT2D eigenvalue weighted by Gasteiger charge is 2.20. The Hall–Kier alpha value is -2.97. The molecule has 20 heavy (non-hydrogen) atoms. The fourth-order valence-corrected chi connectivity index (χ4v) is 1.74. The molecule has 0 fully saturated rings. The lowest BCUT2D eigenvalue weighted by Crippen LogP contribution is -1.93. The molecule has 0 aromatic carbocycles. The molecule has 0 aliphatic rings. The van der Waals surface area contributed by atoms with Gasteiger partial charge in [-0.1, -0.05) is 0 Å². The van der Waals surface area contributed by atoms with Gasteiger partial charge in [-0.15, -0.1) is 0 Å². The molecule has 2 aromatic rings. The molecule has 104 valence electrons. The van der Waals surface area contributed by atoms with Gasteiger partial charge in [0.1, 0.15) is 22.1 Å². The smallest absolute Gasteiger partial charge is 0.401 e. The van der Waals surface area contributed by atoms with Crippen LogP contribution in [-0.4, -0.2) is 19.6 Å². The van der Waals surface area contributed by atoms with Crippen molar-refractivity contribution in [2.75, 3.05) is 0 Å². The van der Waals surface area contributed by atoms with Gasteiger partial charge in [-0.05, 0) is 26.0 Å². The predicted molar refractivity (Wildman–Crippen MR) is 68.9 cm³/mol. The number of nitrogens with zero attached hydrogens (tertiary/aromatic N) is 4. The molecule has 0 radical (unpaired) electrons. The monoisotopic (exact) mass is 278 g/mol. The van der Waals surface area contributed by atoms with Crippen LogP contribution >= 0.6 is 0 Å². The second-order valence-electron chi connectivity index (χ2n) is 3.97. The zero-order valence-electron chi connectivity index (χ0n) is 10.6. The Kier molecular flexibility index (Phi) is 3.34. The van der Waals surface area contributed by atoms with Crippen molar-refractivity contribution >= 4 is 23.8 Å². The standard InChI is InChI=1S/C11H10N4O5/c1-7-11(15(18)19)8(2)13(12-7)6-5-9-3-4-10(20-9)14(16)17/h3-6H,1-2H3/b6-5+. The molecule has 2 aromatic heterocycles. The fourth-order valence-electron chi connectivity index (χ4n) is 1.74. The van der Waals surface area contributed by atoms with Crippen molar-refractivity contribution in [3.8, 4) is 0 Å². The van der Waals surface area contributed by atoms with Gasteiger partial charge in [0.2, 0.25) is 0 Å². The summed E-state index contributed by atoms with van der Waals surface area (Å²) in [6.45, 7) is 3.10. The molecule has 0 saturated carbocycles. The first-order valence-electron chi connectivity index (χ1n) is 5.52. The van der Waals surface area contributed by atoms with E-state index in [2.05, 4.69) is 5.10 Å². The lowest BCUT2D eigenvalue weighted by atomic mass is 10.3. The average molecular weight is 278 g/mol. The third kappa shape index (κ3) is 2.41. The highest BCUT2D eigenvalue weighted by atomic mass is 16.6. The van der Waals surface area contributed by atoms with Gasteiger partial charge in [0, 0.05) is 6.20 Å². The van der Waals surface area contributed by atoms with E-state index in [9.17, 15) is 20.2 Å². The van der Waals surface area contributed by atoms with E-state index < -0.39 is 9.85 Å². The molecule has 0 N–H and O–H groups in total. The molecule has 2 rings (SSSR count). The highest BCUT2D eigenvalue weighted by molar-refractivity contribution is 5.59. The second kappa shape index (κ2) is 4.96. The second-order valence-corrected chi connectivity index (χ2v) is 3.97. The lowest BCUT2D eigenvalue weighted by molar-refractivity contribution is -0.402. The van der Waals surface area contributed by atoms with Gasteiger partial charge in [-0.2, -0.15) is 5.10 Å². The average Bonchev–Trinajstić information content (AvgIpc) is 2.92. The third-order valence-corrected chi connectivity index (χ3v) is 2.64.